The van der Waals surface area contributed by atoms with Gasteiger partial charge in [-0.25, -0.2) is 4.79 Å². The van der Waals surface area contributed by atoms with Crippen molar-refractivity contribution in [2.75, 3.05) is 19.8 Å². The summed E-state index contributed by atoms with van der Waals surface area (Å²) in [6.45, 7) is 7.22. The molecule has 0 aromatic carbocycles. The average molecular weight is 613 g/mol. The first kappa shape index (κ1) is 41.4. The second-order valence-corrected chi connectivity index (χ2v) is 12.4. The molecule has 0 heterocycles. The normalized spacial score (nSPS) is 11.4. The lowest BCUT2D eigenvalue weighted by atomic mass is 9.95. The van der Waals surface area contributed by atoms with Gasteiger partial charge in [0.1, 0.15) is 0 Å². The summed E-state index contributed by atoms with van der Waals surface area (Å²) in [5, 5.41) is 11.2. The SMILES string of the molecule is CCCCCCCCCCOC(=O)CC(O)(CC(=O)OCCCCCCCCCC)C(=O)OCCCCCCCCCC. The molecule has 0 rings (SSSR count). The Morgan fingerprint density at radius 2 is 0.674 bits per heavy atom. The van der Waals surface area contributed by atoms with E-state index in [9.17, 15) is 19.5 Å². The number of aliphatic hydroxyl groups is 1. The Bertz CT molecular complexity index is 628. The van der Waals surface area contributed by atoms with Crippen LogP contribution in [0.3, 0.4) is 0 Å². The van der Waals surface area contributed by atoms with Crippen molar-refractivity contribution in [3.05, 3.63) is 0 Å². The summed E-state index contributed by atoms with van der Waals surface area (Å²) in [6, 6.07) is 0. The fraction of sp³-hybridized carbons (Fsp3) is 0.917. The van der Waals surface area contributed by atoms with Crippen molar-refractivity contribution in [3.8, 4) is 0 Å². The largest absolute Gasteiger partial charge is 0.466 e. The predicted octanol–water partition coefficient (Wildman–Crippen LogP) is 9.55. The van der Waals surface area contributed by atoms with Crippen LogP contribution < -0.4 is 0 Å². The minimum atomic E-state index is -2.28. The van der Waals surface area contributed by atoms with E-state index >= 15 is 0 Å². The fourth-order valence-corrected chi connectivity index (χ4v) is 5.17. The number of unbranched alkanes of at least 4 members (excludes halogenated alkanes) is 21. The van der Waals surface area contributed by atoms with Gasteiger partial charge in [-0.15, -0.1) is 0 Å². The number of rotatable bonds is 32. The third kappa shape index (κ3) is 26.5. The highest BCUT2D eigenvalue weighted by Crippen LogP contribution is 2.21. The summed E-state index contributed by atoms with van der Waals surface area (Å²) < 4.78 is 16.0. The van der Waals surface area contributed by atoms with Gasteiger partial charge in [0.15, 0.2) is 5.60 Å². The lowest BCUT2D eigenvalue weighted by molar-refractivity contribution is -0.178. The minimum absolute atomic E-state index is 0.150. The van der Waals surface area contributed by atoms with Gasteiger partial charge in [0.25, 0.3) is 0 Å². The number of ether oxygens (including phenoxy) is 3. The van der Waals surface area contributed by atoms with Gasteiger partial charge in [-0.2, -0.15) is 0 Å². The molecule has 0 bridgehead atoms. The van der Waals surface area contributed by atoms with Crippen LogP contribution in [0.15, 0.2) is 0 Å². The molecule has 0 radical (unpaired) electrons. The second kappa shape index (κ2) is 30.4. The molecule has 0 aliphatic heterocycles. The van der Waals surface area contributed by atoms with E-state index in [1.807, 2.05) is 0 Å². The molecule has 1 N–H and O–H groups in total. The average Bonchev–Trinajstić information content (AvgIpc) is 2.98. The van der Waals surface area contributed by atoms with E-state index in [2.05, 4.69) is 20.8 Å². The van der Waals surface area contributed by atoms with Crippen LogP contribution in [0.2, 0.25) is 0 Å². The summed E-state index contributed by atoms with van der Waals surface area (Å²) >= 11 is 0. The highest BCUT2D eigenvalue weighted by molar-refractivity contribution is 5.90. The van der Waals surface area contributed by atoms with E-state index in [0.717, 1.165) is 57.8 Å². The van der Waals surface area contributed by atoms with Gasteiger partial charge in [-0.1, -0.05) is 156 Å². The van der Waals surface area contributed by atoms with Crippen molar-refractivity contribution >= 4 is 17.9 Å². The first-order chi connectivity index (χ1) is 20.9. The monoisotopic (exact) mass is 612 g/mol. The molecule has 0 aromatic heterocycles. The van der Waals surface area contributed by atoms with E-state index in [1.54, 1.807) is 0 Å². The molecule has 254 valence electrons. The first-order valence-corrected chi connectivity index (χ1v) is 18.1. The molecule has 0 unspecified atom stereocenters. The van der Waals surface area contributed by atoms with E-state index in [4.69, 9.17) is 14.2 Å². The molecule has 0 aliphatic carbocycles. The van der Waals surface area contributed by atoms with Crippen molar-refractivity contribution in [1.82, 2.24) is 0 Å². The van der Waals surface area contributed by atoms with Gasteiger partial charge in [-0.05, 0) is 19.3 Å². The highest BCUT2D eigenvalue weighted by atomic mass is 16.6. The number of carbonyl (C=O) groups excluding carboxylic acids is 3. The second-order valence-electron chi connectivity index (χ2n) is 12.4. The van der Waals surface area contributed by atoms with Gasteiger partial charge in [0.05, 0.1) is 32.7 Å². The maximum absolute atomic E-state index is 12.9. The van der Waals surface area contributed by atoms with Crippen LogP contribution in [0.5, 0.6) is 0 Å². The van der Waals surface area contributed by atoms with Gasteiger partial charge < -0.3 is 19.3 Å². The molecular weight excluding hydrogens is 544 g/mol. The Morgan fingerprint density at radius 1 is 0.419 bits per heavy atom. The lowest BCUT2D eigenvalue weighted by Crippen LogP contribution is -2.45. The number of carbonyl (C=O) groups is 3. The number of esters is 3. The van der Waals surface area contributed by atoms with E-state index in [-0.39, 0.29) is 19.8 Å². The zero-order valence-electron chi connectivity index (χ0n) is 28.4. The summed E-state index contributed by atoms with van der Waals surface area (Å²) in [5.74, 6) is -2.36. The molecule has 0 aromatic rings. The van der Waals surface area contributed by atoms with Crippen LogP contribution in [0, 0.1) is 0 Å². The van der Waals surface area contributed by atoms with Gasteiger partial charge in [0, 0.05) is 0 Å². The molecule has 0 fully saturated rings. The van der Waals surface area contributed by atoms with Gasteiger partial charge >= 0.3 is 17.9 Å². The minimum Gasteiger partial charge on any atom is -0.466 e. The topological polar surface area (TPSA) is 99.1 Å². The van der Waals surface area contributed by atoms with E-state index in [0.29, 0.717) is 6.42 Å². The van der Waals surface area contributed by atoms with Crippen molar-refractivity contribution in [2.24, 2.45) is 0 Å². The predicted molar refractivity (Wildman–Crippen MR) is 175 cm³/mol. The molecule has 43 heavy (non-hydrogen) atoms. The van der Waals surface area contributed by atoms with Gasteiger partial charge in [-0.3, -0.25) is 9.59 Å². The Morgan fingerprint density at radius 3 is 0.977 bits per heavy atom. The van der Waals surface area contributed by atoms with Crippen LogP contribution >= 0.6 is 0 Å². The zero-order valence-corrected chi connectivity index (χ0v) is 28.4. The fourth-order valence-electron chi connectivity index (χ4n) is 5.17. The Labute approximate surface area is 264 Å². The van der Waals surface area contributed by atoms with Crippen molar-refractivity contribution in [3.63, 3.8) is 0 Å². The van der Waals surface area contributed by atoms with Crippen molar-refractivity contribution in [2.45, 2.75) is 193 Å². The van der Waals surface area contributed by atoms with E-state index in [1.165, 1.54) is 89.9 Å². The maximum atomic E-state index is 12.9. The molecule has 0 saturated heterocycles. The third-order valence-electron chi connectivity index (χ3n) is 8.01. The Kier molecular flexibility index (Phi) is 29.2. The Hall–Kier alpha value is -1.63. The van der Waals surface area contributed by atoms with Crippen LogP contribution in [-0.2, 0) is 28.6 Å². The summed E-state index contributed by atoms with van der Waals surface area (Å²) in [6.07, 6.45) is 25.5. The molecule has 0 spiro atoms. The molecule has 7 heteroatoms. The van der Waals surface area contributed by atoms with Crippen LogP contribution in [0.1, 0.15) is 188 Å². The molecule has 0 atom stereocenters. The maximum Gasteiger partial charge on any atom is 0.339 e. The molecule has 0 saturated carbocycles. The third-order valence-corrected chi connectivity index (χ3v) is 8.01. The summed E-state index contributed by atoms with van der Waals surface area (Å²) in [4.78, 5) is 38.0. The van der Waals surface area contributed by atoms with Crippen LogP contribution in [-0.4, -0.2) is 48.4 Å². The Balaban J connectivity index is 4.58. The quantitative estimate of drug-likeness (QED) is 0.0459. The first-order valence-electron chi connectivity index (χ1n) is 18.1. The van der Waals surface area contributed by atoms with E-state index < -0.39 is 36.4 Å². The summed E-state index contributed by atoms with van der Waals surface area (Å²) in [5.41, 5.74) is -2.28. The molecular formula is C36H68O7. The van der Waals surface area contributed by atoms with Gasteiger partial charge in [0.2, 0.25) is 0 Å². The summed E-state index contributed by atoms with van der Waals surface area (Å²) in [7, 11) is 0. The smallest absolute Gasteiger partial charge is 0.339 e. The lowest BCUT2D eigenvalue weighted by Gasteiger charge is -2.24. The molecule has 0 aliphatic rings. The molecule has 0 amide bonds. The van der Waals surface area contributed by atoms with Crippen LogP contribution in [0.4, 0.5) is 0 Å². The number of hydrogen-bond donors (Lipinski definition) is 1. The van der Waals surface area contributed by atoms with Crippen LogP contribution in [0.25, 0.3) is 0 Å². The molecule has 7 nitrogen and oxygen atoms in total. The highest BCUT2D eigenvalue weighted by Gasteiger charge is 2.43. The standard InChI is InChI=1S/C36H68O7/c1-4-7-10-13-16-19-22-25-28-41-33(37)31-36(40,35(39)43-30-27-24-21-18-15-12-9-6-3)32-34(38)42-29-26-23-20-17-14-11-8-5-2/h40H,4-32H2,1-3H3. The zero-order chi connectivity index (χ0) is 31.9. The van der Waals surface area contributed by atoms with Crippen molar-refractivity contribution in [1.29, 1.82) is 0 Å². The van der Waals surface area contributed by atoms with Crippen molar-refractivity contribution < 1.29 is 33.7 Å². The number of hydrogen-bond acceptors (Lipinski definition) is 7.